The Kier molecular flexibility index (Phi) is 11.0. The first-order chi connectivity index (χ1) is 24.2. The highest BCUT2D eigenvalue weighted by Gasteiger charge is 2.55. The molecular weight excluding hydrogens is 659 g/mol. The monoisotopic (exact) mass is 704 g/mol. The van der Waals surface area contributed by atoms with Crippen LogP contribution in [0.2, 0.25) is 5.02 Å². The minimum absolute atomic E-state index is 0.0832. The van der Waals surface area contributed by atoms with Crippen molar-refractivity contribution in [3.63, 3.8) is 0 Å². The molecule has 3 saturated heterocycles. The number of likely N-dealkylation sites (tertiary alicyclic amines) is 2. The number of benzene rings is 3. The summed E-state index contributed by atoms with van der Waals surface area (Å²) in [6.07, 6.45) is 2.26. The van der Waals surface area contributed by atoms with E-state index < -0.39 is 11.2 Å². The van der Waals surface area contributed by atoms with E-state index in [1.165, 1.54) is 19.2 Å². The van der Waals surface area contributed by atoms with Crippen LogP contribution in [0.1, 0.15) is 53.8 Å². The molecule has 0 radical (unpaired) electrons. The zero-order valence-corrected chi connectivity index (χ0v) is 29.9. The Morgan fingerprint density at radius 1 is 0.900 bits per heavy atom. The lowest BCUT2D eigenvalue weighted by molar-refractivity contribution is -0.157. The van der Waals surface area contributed by atoms with Gasteiger partial charge in [0.1, 0.15) is 11.6 Å². The van der Waals surface area contributed by atoms with Gasteiger partial charge >= 0.3 is 5.97 Å². The summed E-state index contributed by atoms with van der Waals surface area (Å²) < 4.78 is 25.1. The first-order valence-electron chi connectivity index (χ1n) is 17.6. The van der Waals surface area contributed by atoms with Crippen molar-refractivity contribution in [1.29, 1.82) is 0 Å². The highest BCUT2D eigenvalue weighted by molar-refractivity contribution is 6.34. The number of hydrogen-bond donors (Lipinski definition) is 0. The number of anilines is 1. The van der Waals surface area contributed by atoms with Gasteiger partial charge in [-0.15, -0.1) is 0 Å². The van der Waals surface area contributed by atoms with Crippen LogP contribution in [0.3, 0.4) is 0 Å². The van der Waals surface area contributed by atoms with Gasteiger partial charge in [0.05, 0.1) is 29.7 Å². The van der Waals surface area contributed by atoms with Gasteiger partial charge in [-0.3, -0.25) is 19.3 Å². The second-order valence-corrected chi connectivity index (χ2v) is 13.9. The van der Waals surface area contributed by atoms with Gasteiger partial charge in [-0.2, -0.15) is 0 Å². The Bertz CT molecular complexity index is 1710. The molecule has 2 amide bonds. The summed E-state index contributed by atoms with van der Waals surface area (Å²) >= 11 is 6.69. The molecule has 3 aliphatic heterocycles. The molecular formula is C39H46ClFN4O5. The summed E-state index contributed by atoms with van der Waals surface area (Å²) in [6, 6.07) is 17.0. The van der Waals surface area contributed by atoms with Crippen molar-refractivity contribution in [1.82, 2.24) is 14.7 Å². The molecule has 0 spiro atoms. The zero-order chi connectivity index (χ0) is 35.4. The lowest BCUT2D eigenvalue weighted by Gasteiger charge is -2.36. The third kappa shape index (κ3) is 7.19. The molecule has 0 N–H and O–H groups in total. The normalized spacial score (nSPS) is 21.1. The van der Waals surface area contributed by atoms with Gasteiger partial charge in [0.15, 0.2) is 0 Å². The number of amides is 2. The van der Waals surface area contributed by atoms with Gasteiger partial charge in [0.2, 0.25) is 0 Å². The lowest BCUT2D eigenvalue weighted by Crippen LogP contribution is -2.46. The molecule has 9 nitrogen and oxygen atoms in total. The summed E-state index contributed by atoms with van der Waals surface area (Å²) in [6.45, 7) is 10.6. The fourth-order valence-electron chi connectivity index (χ4n) is 7.86. The first-order valence-corrected chi connectivity index (χ1v) is 18.0. The van der Waals surface area contributed by atoms with Crippen LogP contribution in [0.4, 0.5) is 10.1 Å². The molecule has 0 saturated carbocycles. The number of ether oxygens (including phenoxy) is 2. The molecule has 50 heavy (non-hydrogen) atoms. The average molecular weight is 705 g/mol. The Hall–Kier alpha value is -4.15. The molecule has 3 heterocycles. The quantitative estimate of drug-likeness (QED) is 0.244. The van der Waals surface area contributed by atoms with E-state index in [0.29, 0.717) is 48.4 Å². The number of nitrogens with zero attached hydrogens (tertiary/aromatic N) is 4. The Morgan fingerprint density at radius 3 is 2.32 bits per heavy atom. The predicted octanol–water partition coefficient (Wildman–Crippen LogP) is 6.24. The third-order valence-electron chi connectivity index (χ3n) is 10.5. The number of rotatable bonds is 9. The van der Waals surface area contributed by atoms with E-state index >= 15 is 0 Å². The third-order valence-corrected chi connectivity index (χ3v) is 10.8. The van der Waals surface area contributed by atoms with E-state index in [9.17, 15) is 18.8 Å². The fourth-order valence-corrected chi connectivity index (χ4v) is 8.12. The van der Waals surface area contributed by atoms with Crippen LogP contribution in [0.5, 0.6) is 5.75 Å². The molecule has 2 atom stereocenters. The van der Waals surface area contributed by atoms with Gasteiger partial charge in [-0.25, -0.2) is 4.39 Å². The fraction of sp³-hybridized carbons (Fsp3) is 0.462. The number of piperazine rings is 1. The van der Waals surface area contributed by atoms with Gasteiger partial charge in [-0.05, 0) is 92.9 Å². The predicted molar refractivity (Wildman–Crippen MR) is 192 cm³/mol. The van der Waals surface area contributed by atoms with Crippen LogP contribution in [0, 0.1) is 17.2 Å². The average Bonchev–Trinajstić information content (AvgIpc) is 3.40. The van der Waals surface area contributed by atoms with E-state index in [0.717, 1.165) is 44.8 Å². The molecule has 3 fully saturated rings. The van der Waals surface area contributed by atoms with E-state index in [1.54, 1.807) is 36.1 Å². The van der Waals surface area contributed by atoms with Crippen LogP contribution in [0.25, 0.3) is 11.1 Å². The minimum Gasteiger partial charge on any atom is -0.496 e. The molecule has 266 valence electrons. The maximum Gasteiger partial charge on any atom is 0.314 e. The molecule has 0 aromatic heterocycles. The Morgan fingerprint density at radius 2 is 1.64 bits per heavy atom. The molecule has 0 unspecified atom stereocenters. The molecule has 3 aliphatic rings. The molecule has 6 rings (SSSR count). The highest BCUT2D eigenvalue weighted by Crippen LogP contribution is 2.45. The summed E-state index contributed by atoms with van der Waals surface area (Å²) in [7, 11) is 1.51. The van der Waals surface area contributed by atoms with Crippen molar-refractivity contribution in [2.45, 2.75) is 33.1 Å². The smallest absolute Gasteiger partial charge is 0.314 e. The number of carbonyl (C=O) groups is 3. The van der Waals surface area contributed by atoms with Crippen molar-refractivity contribution in [2.75, 3.05) is 77.5 Å². The minimum atomic E-state index is -0.939. The molecule has 3 aromatic rings. The second-order valence-electron chi connectivity index (χ2n) is 13.5. The van der Waals surface area contributed by atoms with Crippen molar-refractivity contribution < 1.29 is 28.2 Å². The lowest BCUT2D eigenvalue weighted by atomic mass is 9.75. The van der Waals surface area contributed by atoms with Crippen molar-refractivity contribution in [2.24, 2.45) is 11.3 Å². The number of hydrogen-bond acceptors (Lipinski definition) is 7. The summed E-state index contributed by atoms with van der Waals surface area (Å²) in [5.41, 5.74) is 2.18. The van der Waals surface area contributed by atoms with Crippen molar-refractivity contribution >= 4 is 35.1 Å². The van der Waals surface area contributed by atoms with E-state index in [4.69, 9.17) is 21.1 Å². The number of methoxy groups -OCH3 is 1. The summed E-state index contributed by atoms with van der Waals surface area (Å²) in [5, 5.41) is 0.208. The first kappa shape index (κ1) is 35.7. The molecule has 11 heteroatoms. The standard InChI is InChI=1S/C39H46ClFN4O5/c1-4-16-42-18-20-43(21-19-42)31-11-7-27(8-12-31)36(46)44-17-6-15-39(38(48)50-5-2)26-45(25-29(39)24-44)37(47)32-13-9-28(22-34(32)40)33-23-30(41)10-14-35(33)49-3/h7-14,22-23,29H,4-6,15-21,24-26H2,1-3H3/t29-,39-/m0/s1. The number of halogens is 2. The largest absolute Gasteiger partial charge is 0.496 e. The van der Waals surface area contributed by atoms with Crippen LogP contribution in [0.15, 0.2) is 60.7 Å². The van der Waals surface area contributed by atoms with Crippen LogP contribution >= 0.6 is 11.6 Å². The Labute approximate surface area is 298 Å². The van der Waals surface area contributed by atoms with Crippen LogP contribution in [-0.4, -0.2) is 105 Å². The van der Waals surface area contributed by atoms with Gasteiger partial charge in [0, 0.05) is 75.1 Å². The number of carbonyl (C=O) groups excluding carboxylic acids is 3. The highest BCUT2D eigenvalue weighted by atomic mass is 35.5. The number of esters is 1. The van der Waals surface area contributed by atoms with Gasteiger partial charge in [-0.1, -0.05) is 24.6 Å². The molecule has 3 aromatic carbocycles. The second kappa shape index (κ2) is 15.4. The number of fused-ring (bicyclic) bond motifs is 1. The van der Waals surface area contributed by atoms with Crippen LogP contribution < -0.4 is 9.64 Å². The van der Waals surface area contributed by atoms with Gasteiger partial charge < -0.3 is 24.2 Å². The SMILES string of the molecule is CCCN1CCN(c2ccc(C(=O)N3CCC[C@]4(C(=O)OCC)CN(C(=O)c5ccc(-c6cc(F)ccc6OC)cc5Cl)C[C@@H]4C3)cc2)CC1. The molecule has 0 bridgehead atoms. The van der Waals surface area contributed by atoms with E-state index in [1.807, 2.05) is 29.2 Å². The van der Waals surface area contributed by atoms with Crippen LogP contribution in [-0.2, 0) is 9.53 Å². The maximum atomic E-state index is 14.1. The van der Waals surface area contributed by atoms with E-state index in [-0.39, 0.29) is 54.0 Å². The zero-order valence-electron chi connectivity index (χ0n) is 29.1. The van der Waals surface area contributed by atoms with E-state index in [2.05, 4.69) is 16.7 Å². The van der Waals surface area contributed by atoms with Crippen molar-refractivity contribution in [3.8, 4) is 16.9 Å². The summed E-state index contributed by atoms with van der Waals surface area (Å²) in [4.78, 5) is 49.9. The van der Waals surface area contributed by atoms with Gasteiger partial charge in [0.25, 0.3) is 11.8 Å². The topological polar surface area (TPSA) is 82.6 Å². The Balaban J connectivity index is 1.19. The maximum absolute atomic E-state index is 14.1. The summed E-state index contributed by atoms with van der Waals surface area (Å²) in [5.74, 6) is -0.983. The molecule has 0 aliphatic carbocycles. The van der Waals surface area contributed by atoms with Crippen molar-refractivity contribution in [3.05, 3.63) is 82.6 Å².